The first-order valence-electron chi connectivity index (χ1n) is 8.66. The van der Waals surface area contributed by atoms with Crippen LogP contribution in [0, 0.1) is 0 Å². The van der Waals surface area contributed by atoms with Gasteiger partial charge in [0.05, 0.1) is 4.88 Å². The number of rotatable bonds is 4. The number of thiophene rings is 1. The normalized spacial score (nSPS) is 16.8. The van der Waals surface area contributed by atoms with Crippen molar-refractivity contribution in [2.24, 2.45) is 0 Å². The van der Waals surface area contributed by atoms with Gasteiger partial charge in [0.2, 0.25) is 0 Å². The molecule has 1 aliphatic rings. The Hall–Kier alpha value is -2.51. The number of esters is 1. The number of hydrogen-bond acceptors (Lipinski definition) is 6. The number of ether oxygens (including phenoxy) is 1. The van der Waals surface area contributed by atoms with Gasteiger partial charge in [-0.2, -0.15) is 0 Å². The summed E-state index contributed by atoms with van der Waals surface area (Å²) < 4.78 is 5.42. The molecule has 0 bridgehead atoms. The second-order valence-electron chi connectivity index (χ2n) is 6.45. The van der Waals surface area contributed by atoms with Gasteiger partial charge in [0.1, 0.15) is 5.01 Å². The molecule has 5 nitrogen and oxygen atoms in total. The van der Waals surface area contributed by atoms with Crippen LogP contribution in [0.2, 0.25) is 0 Å². The molecule has 2 aromatic heterocycles. The average Bonchev–Trinajstić information content (AvgIpc) is 3.39. The first-order valence-corrected chi connectivity index (χ1v) is 10.4. The second-order valence-corrected chi connectivity index (χ2v) is 8.26. The van der Waals surface area contributed by atoms with Crippen molar-refractivity contribution in [3.05, 3.63) is 58.4 Å². The molecule has 0 saturated heterocycles. The first kappa shape index (κ1) is 17.9. The van der Waals surface area contributed by atoms with E-state index in [1.165, 1.54) is 11.3 Å². The van der Waals surface area contributed by atoms with Crippen LogP contribution in [0.25, 0.3) is 9.88 Å². The third-order valence-electron chi connectivity index (χ3n) is 4.52. The number of para-hydroxylation sites is 1. The largest absolute Gasteiger partial charge is 0.448 e. The van der Waals surface area contributed by atoms with E-state index in [1.54, 1.807) is 28.5 Å². The van der Waals surface area contributed by atoms with E-state index in [2.05, 4.69) is 4.98 Å². The van der Waals surface area contributed by atoms with Crippen LogP contribution in [-0.4, -0.2) is 29.0 Å². The van der Waals surface area contributed by atoms with Crippen molar-refractivity contribution < 1.29 is 14.3 Å². The minimum atomic E-state index is -0.877. The highest BCUT2D eigenvalue weighted by Crippen LogP contribution is 2.33. The molecule has 0 fully saturated rings. The van der Waals surface area contributed by atoms with Gasteiger partial charge in [-0.25, -0.2) is 9.78 Å². The summed E-state index contributed by atoms with van der Waals surface area (Å²) in [5.41, 5.74) is 2.27. The standard InChI is InChI=1S/C20H18N2O3S2/c1-12-10-14-6-3-4-7-16(14)22(12)19(23)13(2)25-20(24)15-11-27-18(21-15)17-8-5-9-26-17/h3-9,11-13H,10H2,1-2H3/t12-,13-/m0/s1. The molecule has 2 atom stereocenters. The Labute approximate surface area is 165 Å². The van der Waals surface area contributed by atoms with Crippen molar-refractivity contribution in [3.8, 4) is 9.88 Å². The number of anilines is 1. The number of hydrogen-bond donors (Lipinski definition) is 0. The zero-order valence-corrected chi connectivity index (χ0v) is 16.5. The molecule has 7 heteroatoms. The maximum Gasteiger partial charge on any atom is 0.358 e. The maximum absolute atomic E-state index is 12.9. The number of nitrogens with zero attached hydrogens (tertiary/aromatic N) is 2. The molecular weight excluding hydrogens is 380 g/mol. The molecule has 3 aromatic rings. The molecule has 3 heterocycles. The van der Waals surface area contributed by atoms with Crippen LogP contribution >= 0.6 is 22.7 Å². The number of aromatic nitrogens is 1. The number of fused-ring (bicyclic) bond motifs is 1. The summed E-state index contributed by atoms with van der Waals surface area (Å²) in [4.78, 5) is 32.4. The van der Waals surface area contributed by atoms with Crippen molar-refractivity contribution in [3.63, 3.8) is 0 Å². The van der Waals surface area contributed by atoms with Crippen LogP contribution in [0.1, 0.15) is 29.9 Å². The molecular formula is C20H18N2O3S2. The van der Waals surface area contributed by atoms with Crippen molar-refractivity contribution in [1.29, 1.82) is 0 Å². The number of carbonyl (C=O) groups is 2. The van der Waals surface area contributed by atoms with Gasteiger partial charge in [0.15, 0.2) is 11.8 Å². The minimum absolute atomic E-state index is 0.0424. The topological polar surface area (TPSA) is 59.5 Å². The van der Waals surface area contributed by atoms with Gasteiger partial charge in [-0.3, -0.25) is 4.79 Å². The molecule has 0 saturated carbocycles. The van der Waals surface area contributed by atoms with E-state index in [-0.39, 0.29) is 17.6 Å². The summed E-state index contributed by atoms with van der Waals surface area (Å²) in [5.74, 6) is -0.787. The summed E-state index contributed by atoms with van der Waals surface area (Å²) in [7, 11) is 0. The van der Waals surface area contributed by atoms with Crippen LogP contribution in [-0.2, 0) is 16.0 Å². The van der Waals surface area contributed by atoms with Crippen molar-refractivity contribution >= 4 is 40.2 Å². The molecule has 138 valence electrons. The van der Waals surface area contributed by atoms with E-state index < -0.39 is 12.1 Å². The highest BCUT2D eigenvalue weighted by Gasteiger charge is 2.34. The maximum atomic E-state index is 12.9. The van der Waals surface area contributed by atoms with E-state index in [1.807, 2.05) is 48.7 Å². The van der Waals surface area contributed by atoms with Crippen LogP contribution in [0.3, 0.4) is 0 Å². The molecule has 1 aliphatic heterocycles. The van der Waals surface area contributed by atoms with Gasteiger partial charge in [0, 0.05) is 17.1 Å². The zero-order valence-electron chi connectivity index (χ0n) is 14.9. The molecule has 1 amide bonds. The smallest absolute Gasteiger partial charge is 0.358 e. The van der Waals surface area contributed by atoms with Gasteiger partial charge in [-0.1, -0.05) is 24.3 Å². The lowest BCUT2D eigenvalue weighted by Crippen LogP contribution is -2.43. The monoisotopic (exact) mass is 398 g/mol. The molecule has 1 aromatic carbocycles. The molecule has 0 aliphatic carbocycles. The Balaban J connectivity index is 1.47. The highest BCUT2D eigenvalue weighted by atomic mass is 32.1. The molecule has 0 N–H and O–H groups in total. The van der Waals surface area contributed by atoms with E-state index in [4.69, 9.17) is 4.74 Å². The van der Waals surface area contributed by atoms with Crippen LogP contribution in [0.5, 0.6) is 0 Å². The Morgan fingerprint density at radius 2 is 2.04 bits per heavy atom. The van der Waals surface area contributed by atoms with E-state index in [9.17, 15) is 9.59 Å². The predicted molar refractivity (Wildman–Crippen MR) is 107 cm³/mol. The quantitative estimate of drug-likeness (QED) is 0.612. The van der Waals surface area contributed by atoms with Crippen LogP contribution < -0.4 is 4.90 Å². The zero-order chi connectivity index (χ0) is 19.0. The van der Waals surface area contributed by atoms with Crippen LogP contribution in [0.4, 0.5) is 5.69 Å². The number of thiazole rings is 1. The minimum Gasteiger partial charge on any atom is -0.448 e. The second kappa shape index (κ2) is 7.25. The number of benzene rings is 1. The van der Waals surface area contributed by atoms with Crippen LogP contribution in [0.15, 0.2) is 47.2 Å². The van der Waals surface area contributed by atoms with Gasteiger partial charge in [-0.05, 0) is 43.3 Å². The van der Waals surface area contributed by atoms with Gasteiger partial charge in [0.25, 0.3) is 5.91 Å². The van der Waals surface area contributed by atoms with Crippen molar-refractivity contribution in [1.82, 2.24) is 4.98 Å². The summed E-state index contributed by atoms with van der Waals surface area (Å²) in [5, 5.41) is 4.41. The Bertz CT molecular complexity index is 981. The number of amides is 1. The average molecular weight is 399 g/mol. The lowest BCUT2D eigenvalue weighted by molar-refractivity contribution is -0.126. The molecule has 0 unspecified atom stereocenters. The van der Waals surface area contributed by atoms with Crippen molar-refractivity contribution in [2.75, 3.05) is 4.90 Å². The third-order valence-corrected chi connectivity index (χ3v) is 6.40. The SMILES string of the molecule is C[C@H](OC(=O)c1csc(-c2cccs2)n1)C(=O)N1c2ccccc2C[C@@H]1C. The lowest BCUT2D eigenvalue weighted by Gasteiger charge is -2.25. The summed E-state index contributed by atoms with van der Waals surface area (Å²) in [6.45, 7) is 3.61. The summed E-state index contributed by atoms with van der Waals surface area (Å²) in [6, 6.07) is 11.8. The van der Waals surface area contributed by atoms with Gasteiger partial charge in [-0.15, -0.1) is 22.7 Å². The predicted octanol–water partition coefficient (Wildman–Crippen LogP) is 4.39. The van der Waals surface area contributed by atoms with E-state index >= 15 is 0 Å². The first-order chi connectivity index (χ1) is 13.0. The van der Waals surface area contributed by atoms with Gasteiger partial charge < -0.3 is 9.64 Å². The number of carbonyl (C=O) groups excluding carboxylic acids is 2. The Morgan fingerprint density at radius 3 is 2.81 bits per heavy atom. The third kappa shape index (κ3) is 3.40. The molecule has 0 radical (unpaired) electrons. The Kier molecular flexibility index (Phi) is 4.80. The fourth-order valence-electron chi connectivity index (χ4n) is 3.25. The summed E-state index contributed by atoms with van der Waals surface area (Å²) >= 11 is 2.96. The lowest BCUT2D eigenvalue weighted by atomic mass is 10.1. The highest BCUT2D eigenvalue weighted by molar-refractivity contribution is 7.20. The van der Waals surface area contributed by atoms with Gasteiger partial charge >= 0.3 is 5.97 Å². The molecule has 0 spiro atoms. The van der Waals surface area contributed by atoms with E-state index in [0.29, 0.717) is 0 Å². The van der Waals surface area contributed by atoms with E-state index in [0.717, 1.165) is 27.6 Å². The summed E-state index contributed by atoms with van der Waals surface area (Å²) in [6.07, 6.45) is -0.0725. The Morgan fingerprint density at radius 1 is 1.22 bits per heavy atom. The van der Waals surface area contributed by atoms with Crippen molar-refractivity contribution in [2.45, 2.75) is 32.4 Å². The molecule has 27 heavy (non-hydrogen) atoms. The fourth-order valence-corrected chi connectivity index (χ4v) is 4.85. The fraction of sp³-hybridized carbons (Fsp3) is 0.250. The molecule has 4 rings (SSSR count).